The molecule has 2 rings (SSSR count). The van der Waals surface area contributed by atoms with Crippen LogP contribution in [0.3, 0.4) is 0 Å². The Bertz CT molecular complexity index is 651. The summed E-state index contributed by atoms with van der Waals surface area (Å²) in [6, 6.07) is 4.83. The summed E-state index contributed by atoms with van der Waals surface area (Å²) in [6.07, 6.45) is 3.04. The molecule has 0 amide bonds. The van der Waals surface area contributed by atoms with E-state index in [1.807, 2.05) is 0 Å². The molecule has 0 bridgehead atoms. The van der Waals surface area contributed by atoms with Gasteiger partial charge in [-0.1, -0.05) is 12.1 Å². The molecule has 3 N–H and O–H groups in total. The van der Waals surface area contributed by atoms with Gasteiger partial charge in [-0.25, -0.2) is 18.1 Å². The third kappa shape index (κ3) is 3.01. The molecule has 0 saturated heterocycles. The SMILES string of the molecule is Cc1c(CO)cccc1S(=O)(=O)NCc1cnc[nH]1. The van der Waals surface area contributed by atoms with Gasteiger partial charge in [0.1, 0.15) is 0 Å². The molecule has 1 aromatic carbocycles. The highest BCUT2D eigenvalue weighted by Crippen LogP contribution is 2.18. The molecule has 0 aliphatic carbocycles. The van der Waals surface area contributed by atoms with E-state index in [1.165, 1.54) is 12.4 Å². The maximum atomic E-state index is 12.2. The predicted octanol–water partition coefficient (Wildman–Crippen LogP) is 0.689. The number of aromatic amines is 1. The van der Waals surface area contributed by atoms with Gasteiger partial charge in [-0.2, -0.15) is 0 Å². The van der Waals surface area contributed by atoms with Gasteiger partial charge in [0, 0.05) is 11.9 Å². The highest BCUT2D eigenvalue weighted by Gasteiger charge is 2.18. The summed E-state index contributed by atoms with van der Waals surface area (Å²) < 4.78 is 26.9. The standard InChI is InChI=1S/C12H15N3O3S/c1-9-10(7-16)3-2-4-12(9)19(17,18)15-6-11-5-13-8-14-11/h2-5,8,15-16H,6-7H2,1H3,(H,13,14). The number of imidazole rings is 1. The molecule has 6 nitrogen and oxygen atoms in total. The number of benzene rings is 1. The summed E-state index contributed by atoms with van der Waals surface area (Å²) in [5.41, 5.74) is 1.84. The Morgan fingerprint density at radius 1 is 1.42 bits per heavy atom. The highest BCUT2D eigenvalue weighted by molar-refractivity contribution is 7.89. The molecule has 0 aliphatic heterocycles. The van der Waals surface area contributed by atoms with Crippen molar-refractivity contribution in [1.82, 2.24) is 14.7 Å². The lowest BCUT2D eigenvalue weighted by molar-refractivity contribution is 0.280. The summed E-state index contributed by atoms with van der Waals surface area (Å²) in [5.74, 6) is 0. The first kappa shape index (κ1) is 13.7. The average Bonchev–Trinajstić information content (AvgIpc) is 2.90. The molecule has 0 fully saturated rings. The van der Waals surface area contributed by atoms with Crippen LogP contribution in [0.1, 0.15) is 16.8 Å². The second-order valence-electron chi connectivity index (χ2n) is 4.10. The summed E-state index contributed by atoms with van der Waals surface area (Å²) in [7, 11) is -3.61. The topological polar surface area (TPSA) is 95.1 Å². The molecule has 0 saturated carbocycles. The molecule has 0 aliphatic rings. The van der Waals surface area contributed by atoms with E-state index in [1.54, 1.807) is 25.3 Å². The molecule has 102 valence electrons. The van der Waals surface area contributed by atoms with Crippen LogP contribution in [0.25, 0.3) is 0 Å². The van der Waals surface area contributed by atoms with E-state index in [9.17, 15) is 8.42 Å². The fourth-order valence-corrected chi connectivity index (χ4v) is 3.05. The van der Waals surface area contributed by atoms with E-state index in [0.29, 0.717) is 16.8 Å². The number of aliphatic hydroxyl groups excluding tert-OH is 1. The van der Waals surface area contributed by atoms with Gasteiger partial charge in [-0.05, 0) is 24.1 Å². The van der Waals surface area contributed by atoms with Crippen LogP contribution < -0.4 is 4.72 Å². The van der Waals surface area contributed by atoms with Crippen molar-refractivity contribution >= 4 is 10.0 Å². The van der Waals surface area contributed by atoms with Crippen LogP contribution in [0.2, 0.25) is 0 Å². The van der Waals surface area contributed by atoms with Gasteiger partial charge in [0.2, 0.25) is 10.0 Å². The first-order valence-electron chi connectivity index (χ1n) is 5.71. The van der Waals surface area contributed by atoms with Crippen LogP contribution in [0.5, 0.6) is 0 Å². The fraction of sp³-hybridized carbons (Fsp3) is 0.250. The molecule has 1 aromatic heterocycles. The van der Waals surface area contributed by atoms with Crippen molar-refractivity contribution in [2.75, 3.05) is 0 Å². The van der Waals surface area contributed by atoms with E-state index < -0.39 is 10.0 Å². The third-order valence-corrected chi connectivity index (χ3v) is 4.41. The van der Waals surface area contributed by atoms with Crippen molar-refractivity contribution < 1.29 is 13.5 Å². The monoisotopic (exact) mass is 281 g/mol. The Morgan fingerprint density at radius 2 is 2.21 bits per heavy atom. The average molecular weight is 281 g/mol. The summed E-state index contributed by atoms with van der Waals surface area (Å²) in [6.45, 7) is 1.64. The number of H-pyrrole nitrogens is 1. The van der Waals surface area contributed by atoms with Crippen molar-refractivity contribution in [3.05, 3.63) is 47.5 Å². The van der Waals surface area contributed by atoms with E-state index in [-0.39, 0.29) is 18.0 Å². The highest BCUT2D eigenvalue weighted by atomic mass is 32.2. The number of nitrogens with one attached hydrogen (secondary N) is 2. The van der Waals surface area contributed by atoms with Gasteiger partial charge in [0.25, 0.3) is 0 Å². The van der Waals surface area contributed by atoms with Crippen LogP contribution in [-0.4, -0.2) is 23.5 Å². The lowest BCUT2D eigenvalue weighted by Gasteiger charge is -2.11. The maximum absolute atomic E-state index is 12.2. The second kappa shape index (κ2) is 5.52. The van der Waals surface area contributed by atoms with E-state index >= 15 is 0 Å². The normalized spacial score (nSPS) is 11.7. The van der Waals surface area contributed by atoms with Gasteiger partial charge < -0.3 is 10.1 Å². The molecule has 0 unspecified atom stereocenters. The van der Waals surface area contributed by atoms with E-state index in [4.69, 9.17) is 5.11 Å². The van der Waals surface area contributed by atoms with E-state index in [2.05, 4.69) is 14.7 Å². The lowest BCUT2D eigenvalue weighted by atomic mass is 10.1. The maximum Gasteiger partial charge on any atom is 0.241 e. The molecule has 1 heterocycles. The first-order valence-corrected chi connectivity index (χ1v) is 7.19. The second-order valence-corrected chi connectivity index (χ2v) is 5.84. The Balaban J connectivity index is 2.24. The van der Waals surface area contributed by atoms with Gasteiger partial charge in [-0.15, -0.1) is 0 Å². The van der Waals surface area contributed by atoms with Gasteiger partial charge in [-0.3, -0.25) is 0 Å². The van der Waals surface area contributed by atoms with Crippen molar-refractivity contribution in [1.29, 1.82) is 0 Å². The van der Waals surface area contributed by atoms with Gasteiger partial charge in [0.05, 0.1) is 24.4 Å². The van der Waals surface area contributed by atoms with Crippen LogP contribution in [-0.2, 0) is 23.2 Å². The zero-order valence-corrected chi connectivity index (χ0v) is 11.2. The quantitative estimate of drug-likeness (QED) is 0.751. The van der Waals surface area contributed by atoms with Crippen molar-refractivity contribution in [3.63, 3.8) is 0 Å². The molecule has 0 spiro atoms. The number of aromatic nitrogens is 2. The Morgan fingerprint density at radius 3 is 2.84 bits per heavy atom. The van der Waals surface area contributed by atoms with Crippen LogP contribution >= 0.6 is 0 Å². The molecular weight excluding hydrogens is 266 g/mol. The lowest BCUT2D eigenvalue weighted by Crippen LogP contribution is -2.24. The van der Waals surface area contributed by atoms with Gasteiger partial charge >= 0.3 is 0 Å². The number of sulfonamides is 1. The minimum Gasteiger partial charge on any atom is -0.392 e. The van der Waals surface area contributed by atoms with Crippen molar-refractivity contribution in [2.45, 2.75) is 25.0 Å². The van der Waals surface area contributed by atoms with Crippen molar-refractivity contribution in [2.24, 2.45) is 0 Å². The third-order valence-electron chi connectivity index (χ3n) is 2.86. The number of hydrogen-bond donors (Lipinski definition) is 3. The van der Waals surface area contributed by atoms with Crippen LogP contribution in [0, 0.1) is 6.92 Å². The van der Waals surface area contributed by atoms with Gasteiger partial charge in [0.15, 0.2) is 0 Å². The zero-order chi connectivity index (χ0) is 13.9. The number of hydrogen-bond acceptors (Lipinski definition) is 4. The molecule has 19 heavy (non-hydrogen) atoms. The molecule has 0 atom stereocenters. The Kier molecular flexibility index (Phi) is 3.98. The molecule has 0 radical (unpaired) electrons. The molecular formula is C12H15N3O3S. The van der Waals surface area contributed by atoms with Crippen molar-refractivity contribution in [3.8, 4) is 0 Å². The Labute approximate surface area is 111 Å². The number of rotatable bonds is 5. The molecule has 2 aromatic rings. The Hall–Kier alpha value is -1.70. The number of nitrogens with zero attached hydrogens (tertiary/aromatic N) is 1. The largest absolute Gasteiger partial charge is 0.392 e. The van der Waals surface area contributed by atoms with E-state index in [0.717, 1.165) is 0 Å². The smallest absolute Gasteiger partial charge is 0.241 e. The summed E-state index contributed by atoms with van der Waals surface area (Å²) >= 11 is 0. The summed E-state index contributed by atoms with van der Waals surface area (Å²) in [4.78, 5) is 6.82. The summed E-state index contributed by atoms with van der Waals surface area (Å²) in [5, 5.41) is 9.16. The van der Waals surface area contributed by atoms with Crippen LogP contribution in [0.4, 0.5) is 0 Å². The fourth-order valence-electron chi connectivity index (χ4n) is 1.75. The zero-order valence-electron chi connectivity index (χ0n) is 10.4. The minimum absolute atomic E-state index is 0.144. The number of aliphatic hydroxyl groups is 1. The molecule has 7 heteroatoms. The minimum atomic E-state index is -3.61. The first-order chi connectivity index (χ1) is 9.04. The predicted molar refractivity (Wildman–Crippen MR) is 69.7 cm³/mol. The van der Waals surface area contributed by atoms with Crippen LogP contribution in [0.15, 0.2) is 35.6 Å².